The van der Waals surface area contributed by atoms with Gasteiger partial charge in [0.1, 0.15) is 5.65 Å². The van der Waals surface area contributed by atoms with Crippen LogP contribution in [0.4, 0.5) is 0 Å². The number of aromatic nitrogens is 2. The van der Waals surface area contributed by atoms with Crippen LogP contribution >= 0.6 is 15.9 Å². The number of aliphatic carboxylic acids is 1. The van der Waals surface area contributed by atoms with Crippen LogP contribution in [0.2, 0.25) is 0 Å². The second-order valence-corrected chi connectivity index (χ2v) is 4.23. The molecule has 0 radical (unpaired) electrons. The molecule has 0 spiro atoms. The van der Waals surface area contributed by atoms with Crippen LogP contribution in [0.25, 0.3) is 5.65 Å². The second kappa shape index (κ2) is 3.66. The van der Waals surface area contributed by atoms with Crippen molar-refractivity contribution >= 4 is 27.5 Å². The third-order valence-electron chi connectivity index (χ3n) is 2.11. The number of imidazole rings is 1. The maximum absolute atomic E-state index is 10.5. The first kappa shape index (κ1) is 10.2. The van der Waals surface area contributed by atoms with Crippen molar-refractivity contribution in [2.24, 2.45) is 0 Å². The minimum absolute atomic E-state index is 0.0433. The van der Waals surface area contributed by atoms with Crippen molar-refractivity contribution in [2.75, 3.05) is 0 Å². The van der Waals surface area contributed by atoms with Gasteiger partial charge in [0.05, 0.1) is 12.1 Å². The van der Waals surface area contributed by atoms with Gasteiger partial charge in [-0.1, -0.05) is 15.9 Å². The lowest BCUT2D eigenvalue weighted by Crippen LogP contribution is -1.99. The highest BCUT2D eigenvalue weighted by atomic mass is 79.9. The number of halogens is 1. The fourth-order valence-corrected chi connectivity index (χ4v) is 1.72. The number of rotatable bonds is 2. The Morgan fingerprint density at radius 3 is 3.00 bits per heavy atom. The standard InChI is InChI=1S/C10H9BrN2O2/c1-6-4-13-5-7(2-10(14)15)12-9(13)3-8(6)11/h3-5H,2H2,1H3,(H,14,15). The molecule has 0 aromatic carbocycles. The highest BCUT2D eigenvalue weighted by molar-refractivity contribution is 9.10. The molecule has 5 heteroatoms. The van der Waals surface area contributed by atoms with E-state index in [1.54, 1.807) is 6.20 Å². The van der Waals surface area contributed by atoms with E-state index in [0.717, 1.165) is 15.7 Å². The third-order valence-corrected chi connectivity index (χ3v) is 2.96. The lowest BCUT2D eigenvalue weighted by Gasteiger charge is -1.98. The van der Waals surface area contributed by atoms with Crippen molar-refractivity contribution in [2.45, 2.75) is 13.3 Å². The number of carbonyl (C=O) groups is 1. The van der Waals surface area contributed by atoms with Gasteiger partial charge in [0.2, 0.25) is 0 Å². The van der Waals surface area contributed by atoms with Crippen molar-refractivity contribution < 1.29 is 9.90 Å². The molecule has 4 nitrogen and oxygen atoms in total. The molecule has 15 heavy (non-hydrogen) atoms. The molecule has 2 aromatic heterocycles. The molecule has 0 unspecified atom stereocenters. The Morgan fingerprint density at radius 1 is 1.60 bits per heavy atom. The number of pyridine rings is 1. The van der Waals surface area contributed by atoms with Crippen molar-refractivity contribution in [1.29, 1.82) is 0 Å². The summed E-state index contributed by atoms with van der Waals surface area (Å²) in [6.45, 7) is 1.97. The fraction of sp³-hybridized carbons (Fsp3) is 0.200. The van der Waals surface area contributed by atoms with E-state index in [1.165, 1.54) is 0 Å². The predicted octanol–water partition coefficient (Wildman–Crippen LogP) is 2.03. The van der Waals surface area contributed by atoms with Crippen LogP contribution in [0.15, 0.2) is 22.9 Å². The normalized spacial score (nSPS) is 10.8. The summed E-state index contributed by atoms with van der Waals surface area (Å²) in [4.78, 5) is 14.7. The first-order valence-corrected chi connectivity index (χ1v) is 5.21. The summed E-state index contributed by atoms with van der Waals surface area (Å²) in [5, 5.41) is 8.64. The van der Waals surface area contributed by atoms with Crippen molar-refractivity contribution in [1.82, 2.24) is 9.38 Å². The zero-order valence-corrected chi connectivity index (χ0v) is 9.65. The quantitative estimate of drug-likeness (QED) is 0.907. The van der Waals surface area contributed by atoms with Gasteiger partial charge in [-0.25, -0.2) is 4.98 Å². The molecule has 2 heterocycles. The molecule has 78 valence electrons. The van der Waals surface area contributed by atoms with Gasteiger partial charge in [-0.05, 0) is 18.6 Å². The zero-order chi connectivity index (χ0) is 11.0. The molecular weight excluding hydrogens is 260 g/mol. The molecule has 0 aliphatic heterocycles. The summed E-state index contributed by atoms with van der Waals surface area (Å²) in [7, 11) is 0. The van der Waals surface area contributed by atoms with Crippen LogP contribution in [0.1, 0.15) is 11.3 Å². The Hall–Kier alpha value is -1.36. The highest BCUT2D eigenvalue weighted by Crippen LogP contribution is 2.18. The van der Waals surface area contributed by atoms with E-state index < -0.39 is 5.97 Å². The highest BCUT2D eigenvalue weighted by Gasteiger charge is 2.07. The van der Waals surface area contributed by atoms with E-state index >= 15 is 0 Å². The van der Waals surface area contributed by atoms with E-state index in [1.807, 2.05) is 23.6 Å². The van der Waals surface area contributed by atoms with Gasteiger partial charge >= 0.3 is 5.97 Å². The van der Waals surface area contributed by atoms with E-state index in [-0.39, 0.29) is 6.42 Å². The molecule has 0 atom stereocenters. The molecule has 0 fully saturated rings. The Balaban J connectivity index is 2.51. The molecule has 0 saturated carbocycles. The van der Waals surface area contributed by atoms with E-state index in [0.29, 0.717) is 5.69 Å². The summed E-state index contributed by atoms with van der Waals surface area (Å²) in [5.41, 5.74) is 2.41. The lowest BCUT2D eigenvalue weighted by atomic mass is 10.3. The van der Waals surface area contributed by atoms with Gasteiger partial charge in [0.15, 0.2) is 0 Å². The predicted molar refractivity (Wildman–Crippen MR) is 59.0 cm³/mol. The van der Waals surface area contributed by atoms with Crippen molar-refractivity contribution in [3.05, 3.63) is 34.2 Å². The summed E-state index contributed by atoms with van der Waals surface area (Å²) in [6.07, 6.45) is 3.61. The molecule has 0 bridgehead atoms. The van der Waals surface area contributed by atoms with Crippen LogP contribution in [-0.2, 0) is 11.2 Å². The third kappa shape index (κ3) is 2.02. The minimum Gasteiger partial charge on any atom is -0.481 e. The topological polar surface area (TPSA) is 54.6 Å². The average molecular weight is 269 g/mol. The maximum atomic E-state index is 10.5. The van der Waals surface area contributed by atoms with E-state index in [9.17, 15) is 4.79 Å². The molecule has 0 saturated heterocycles. The van der Waals surface area contributed by atoms with Gasteiger partial charge in [-0.15, -0.1) is 0 Å². The Kier molecular flexibility index (Phi) is 2.48. The van der Waals surface area contributed by atoms with E-state index in [4.69, 9.17) is 5.11 Å². The first-order valence-electron chi connectivity index (χ1n) is 4.42. The van der Waals surface area contributed by atoms with Gasteiger partial charge in [0.25, 0.3) is 0 Å². The number of nitrogens with zero attached hydrogens (tertiary/aromatic N) is 2. The largest absolute Gasteiger partial charge is 0.481 e. The van der Waals surface area contributed by atoms with Gasteiger partial charge in [-0.3, -0.25) is 4.79 Å². The molecule has 2 rings (SSSR count). The lowest BCUT2D eigenvalue weighted by molar-refractivity contribution is -0.136. The SMILES string of the molecule is Cc1cn2cc(CC(=O)O)nc2cc1Br. The van der Waals surface area contributed by atoms with Crippen molar-refractivity contribution in [3.8, 4) is 0 Å². The number of carboxylic acids is 1. The smallest absolute Gasteiger partial charge is 0.309 e. The van der Waals surface area contributed by atoms with E-state index in [2.05, 4.69) is 20.9 Å². The van der Waals surface area contributed by atoms with Crippen LogP contribution in [-0.4, -0.2) is 20.5 Å². The number of aryl methyl sites for hydroxylation is 1. The van der Waals surface area contributed by atoms with Crippen LogP contribution in [0.3, 0.4) is 0 Å². The molecule has 0 aliphatic carbocycles. The monoisotopic (exact) mass is 268 g/mol. The molecule has 1 N–H and O–H groups in total. The number of fused-ring (bicyclic) bond motifs is 1. The molecule has 0 aliphatic rings. The Bertz CT molecular complexity index is 494. The van der Waals surface area contributed by atoms with Crippen LogP contribution in [0.5, 0.6) is 0 Å². The summed E-state index contributed by atoms with van der Waals surface area (Å²) < 4.78 is 2.81. The number of hydrogen-bond donors (Lipinski definition) is 1. The first-order chi connectivity index (χ1) is 7.06. The maximum Gasteiger partial charge on any atom is 0.309 e. The fourth-order valence-electron chi connectivity index (χ4n) is 1.41. The average Bonchev–Trinajstić information content (AvgIpc) is 2.46. The Morgan fingerprint density at radius 2 is 2.33 bits per heavy atom. The second-order valence-electron chi connectivity index (χ2n) is 3.37. The molecule has 2 aromatic rings. The van der Waals surface area contributed by atoms with Gasteiger partial charge in [0, 0.05) is 16.9 Å². The molecule has 0 amide bonds. The number of carboxylic acid groups (broad SMARTS) is 1. The molecular formula is C10H9BrN2O2. The van der Waals surface area contributed by atoms with Crippen LogP contribution in [0, 0.1) is 6.92 Å². The van der Waals surface area contributed by atoms with Crippen molar-refractivity contribution in [3.63, 3.8) is 0 Å². The Labute approximate surface area is 94.7 Å². The zero-order valence-electron chi connectivity index (χ0n) is 8.07. The van der Waals surface area contributed by atoms with Gasteiger partial charge < -0.3 is 9.51 Å². The summed E-state index contributed by atoms with van der Waals surface area (Å²) in [5.74, 6) is -0.866. The van der Waals surface area contributed by atoms with Gasteiger partial charge in [-0.2, -0.15) is 0 Å². The minimum atomic E-state index is -0.866. The number of hydrogen-bond acceptors (Lipinski definition) is 2. The summed E-state index contributed by atoms with van der Waals surface area (Å²) >= 11 is 3.41. The van der Waals surface area contributed by atoms with Crippen LogP contribution < -0.4 is 0 Å². The summed E-state index contributed by atoms with van der Waals surface area (Å²) in [6, 6.07) is 1.88.